The average molecular weight is 509 g/mol. The zero-order chi connectivity index (χ0) is 26.1. The Labute approximate surface area is 210 Å². The number of hydrogen-bond acceptors (Lipinski definition) is 8. The number of benzene rings is 1. The zero-order valence-corrected chi connectivity index (χ0v) is 21.6. The first-order valence-corrected chi connectivity index (χ1v) is 11.8. The first kappa shape index (κ1) is 28.0. The highest BCUT2D eigenvalue weighted by molar-refractivity contribution is 6.32. The first-order valence-electron chi connectivity index (χ1n) is 11.4. The number of aromatic hydroxyl groups is 1. The van der Waals surface area contributed by atoms with Gasteiger partial charge in [-0.25, -0.2) is 9.78 Å². The summed E-state index contributed by atoms with van der Waals surface area (Å²) in [5, 5.41) is 13.2. The van der Waals surface area contributed by atoms with Gasteiger partial charge in [0, 0.05) is 18.3 Å². The molecule has 0 fully saturated rings. The third-order valence-electron chi connectivity index (χ3n) is 5.04. The number of methoxy groups -OCH3 is 1. The van der Waals surface area contributed by atoms with E-state index in [1.54, 1.807) is 32.0 Å². The molecule has 0 saturated heterocycles. The third-order valence-corrected chi connectivity index (χ3v) is 5.35. The van der Waals surface area contributed by atoms with Gasteiger partial charge in [0.15, 0.2) is 17.2 Å². The molecule has 2 aromatic rings. The second kappa shape index (κ2) is 13.0. The lowest BCUT2D eigenvalue weighted by atomic mass is 10.0. The standard InChI is InChI=1S/C25H33ClN2O7/c1-7-33-19-10-11-27-22(23(19)29)24(30)28-15(4)25(31)34-16(5)20(12-14(2)3)35-17-8-9-18(26)21(13-17)32-6/h8-11,13-16,20,29H,7,12H2,1-6H3,(H,28,30)/t15-,16-,20+/m0/s1. The smallest absolute Gasteiger partial charge is 0.328 e. The summed E-state index contributed by atoms with van der Waals surface area (Å²) in [7, 11) is 1.51. The minimum absolute atomic E-state index is 0.129. The summed E-state index contributed by atoms with van der Waals surface area (Å²) in [6.45, 7) is 9.34. The van der Waals surface area contributed by atoms with Crippen LogP contribution in [0.4, 0.5) is 0 Å². The van der Waals surface area contributed by atoms with Crippen LogP contribution in [-0.4, -0.2) is 53.9 Å². The lowest BCUT2D eigenvalue weighted by molar-refractivity contribution is -0.155. The maximum atomic E-state index is 12.7. The van der Waals surface area contributed by atoms with Crippen LogP contribution < -0.4 is 19.5 Å². The van der Waals surface area contributed by atoms with Crippen LogP contribution in [0.25, 0.3) is 0 Å². The maximum absolute atomic E-state index is 12.7. The molecule has 0 aliphatic rings. The number of pyridine rings is 1. The van der Waals surface area contributed by atoms with Crippen LogP contribution in [0.5, 0.6) is 23.0 Å². The van der Waals surface area contributed by atoms with Gasteiger partial charge in [0.2, 0.25) is 0 Å². The highest BCUT2D eigenvalue weighted by atomic mass is 35.5. The molecule has 0 bridgehead atoms. The topological polar surface area (TPSA) is 116 Å². The first-order chi connectivity index (χ1) is 16.6. The number of halogens is 1. The van der Waals surface area contributed by atoms with Crippen LogP contribution in [0.1, 0.15) is 51.5 Å². The van der Waals surface area contributed by atoms with Gasteiger partial charge in [-0.15, -0.1) is 0 Å². The summed E-state index contributed by atoms with van der Waals surface area (Å²) < 4.78 is 22.2. The van der Waals surface area contributed by atoms with E-state index < -0.39 is 35.9 Å². The second-order valence-corrected chi connectivity index (χ2v) is 8.77. The van der Waals surface area contributed by atoms with Crippen molar-refractivity contribution in [1.29, 1.82) is 0 Å². The quantitative estimate of drug-likeness (QED) is 0.405. The molecule has 0 radical (unpaired) electrons. The molecule has 1 amide bonds. The predicted molar refractivity (Wildman–Crippen MR) is 131 cm³/mol. The number of nitrogens with one attached hydrogen (secondary N) is 1. The molecule has 192 valence electrons. The van der Waals surface area contributed by atoms with Crippen LogP contribution in [0.2, 0.25) is 5.02 Å². The van der Waals surface area contributed by atoms with Gasteiger partial charge >= 0.3 is 5.97 Å². The number of aromatic nitrogens is 1. The Kier molecular flexibility index (Phi) is 10.4. The number of amides is 1. The molecule has 0 saturated carbocycles. The van der Waals surface area contributed by atoms with Gasteiger partial charge in [0.1, 0.15) is 29.7 Å². The average Bonchev–Trinajstić information content (AvgIpc) is 2.80. The number of ether oxygens (including phenoxy) is 4. The van der Waals surface area contributed by atoms with Crippen molar-refractivity contribution >= 4 is 23.5 Å². The van der Waals surface area contributed by atoms with Crippen LogP contribution >= 0.6 is 11.6 Å². The van der Waals surface area contributed by atoms with Crippen LogP contribution in [0, 0.1) is 5.92 Å². The molecule has 2 N–H and O–H groups in total. The summed E-state index contributed by atoms with van der Waals surface area (Å²) in [6.07, 6.45) is 0.868. The van der Waals surface area contributed by atoms with Gasteiger partial charge < -0.3 is 29.4 Å². The molecular formula is C25H33ClN2O7. The molecule has 35 heavy (non-hydrogen) atoms. The summed E-state index contributed by atoms with van der Waals surface area (Å²) in [5.41, 5.74) is -0.249. The molecule has 1 aromatic carbocycles. The van der Waals surface area contributed by atoms with E-state index in [0.717, 1.165) is 0 Å². The van der Waals surface area contributed by atoms with Gasteiger partial charge in [-0.05, 0) is 45.2 Å². The molecule has 2 rings (SSSR count). The van der Waals surface area contributed by atoms with E-state index in [2.05, 4.69) is 10.3 Å². The SMILES string of the molecule is CCOc1ccnc(C(=O)N[C@@H](C)C(=O)O[C@@H](C)[C@@H](CC(C)C)Oc2ccc(Cl)c(OC)c2)c1O. The van der Waals surface area contributed by atoms with E-state index in [9.17, 15) is 14.7 Å². The Morgan fingerprint density at radius 1 is 1.14 bits per heavy atom. The van der Waals surface area contributed by atoms with E-state index in [4.69, 9.17) is 30.5 Å². The number of carbonyl (C=O) groups is 2. The number of nitrogens with zero attached hydrogens (tertiary/aromatic N) is 1. The van der Waals surface area contributed by atoms with Crippen molar-refractivity contribution < 1.29 is 33.6 Å². The molecular weight excluding hydrogens is 476 g/mol. The Morgan fingerprint density at radius 2 is 1.86 bits per heavy atom. The van der Waals surface area contributed by atoms with Crippen molar-refractivity contribution in [3.63, 3.8) is 0 Å². The minimum Gasteiger partial charge on any atom is -0.503 e. The largest absolute Gasteiger partial charge is 0.503 e. The fourth-order valence-corrected chi connectivity index (χ4v) is 3.44. The molecule has 0 aliphatic heterocycles. The van der Waals surface area contributed by atoms with Crippen molar-refractivity contribution in [2.75, 3.05) is 13.7 Å². The molecule has 9 nitrogen and oxygen atoms in total. The van der Waals surface area contributed by atoms with Gasteiger partial charge in [0.05, 0.1) is 18.7 Å². The van der Waals surface area contributed by atoms with E-state index in [1.165, 1.54) is 26.3 Å². The van der Waals surface area contributed by atoms with Crippen molar-refractivity contribution in [2.45, 2.75) is 59.3 Å². The van der Waals surface area contributed by atoms with E-state index in [-0.39, 0.29) is 17.4 Å². The van der Waals surface area contributed by atoms with Gasteiger partial charge in [-0.2, -0.15) is 0 Å². The van der Waals surface area contributed by atoms with E-state index in [1.807, 2.05) is 13.8 Å². The Hall–Kier alpha value is -3.20. The number of rotatable bonds is 12. The summed E-state index contributed by atoms with van der Waals surface area (Å²) in [6, 6.07) is 5.49. The van der Waals surface area contributed by atoms with Crippen molar-refractivity contribution in [2.24, 2.45) is 5.92 Å². The monoisotopic (exact) mass is 508 g/mol. The van der Waals surface area contributed by atoms with Crippen molar-refractivity contribution in [3.05, 3.63) is 41.2 Å². The molecule has 0 spiro atoms. The Morgan fingerprint density at radius 3 is 2.49 bits per heavy atom. The maximum Gasteiger partial charge on any atom is 0.328 e. The zero-order valence-electron chi connectivity index (χ0n) is 20.8. The Balaban J connectivity index is 2.07. The van der Waals surface area contributed by atoms with Crippen molar-refractivity contribution in [1.82, 2.24) is 10.3 Å². The van der Waals surface area contributed by atoms with Crippen molar-refractivity contribution in [3.8, 4) is 23.0 Å². The molecule has 3 atom stereocenters. The lowest BCUT2D eigenvalue weighted by Gasteiger charge is -2.28. The summed E-state index contributed by atoms with van der Waals surface area (Å²) >= 11 is 6.09. The molecule has 1 aromatic heterocycles. The number of esters is 1. The number of carbonyl (C=O) groups excluding carboxylic acids is 2. The lowest BCUT2D eigenvalue weighted by Crippen LogP contribution is -2.43. The van der Waals surface area contributed by atoms with Gasteiger partial charge in [0.25, 0.3) is 5.91 Å². The van der Waals surface area contributed by atoms with E-state index in [0.29, 0.717) is 29.5 Å². The van der Waals surface area contributed by atoms with Gasteiger partial charge in [-0.1, -0.05) is 25.4 Å². The molecule has 0 aliphatic carbocycles. The van der Waals surface area contributed by atoms with Crippen LogP contribution in [0.3, 0.4) is 0 Å². The van der Waals surface area contributed by atoms with Gasteiger partial charge in [-0.3, -0.25) is 4.79 Å². The summed E-state index contributed by atoms with van der Waals surface area (Å²) in [5.74, 6) is -0.398. The number of hydrogen-bond donors (Lipinski definition) is 2. The normalized spacial score (nSPS) is 13.5. The fraction of sp³-hybridized carbons (Fsp3) is 0.480. The fourth-order valence-electron chi connectivity index (χ4n) is 3.25. The molecule has 1 heterocycles. The highest BCUT2D eigenvalue weighted by Crippen LogP contribution is 2.31. The third kappa shape index (κ3) is 7.92. The molecule has 0 unspecified atom stereocenters. The predicted octanol–water partition coefficient (Wildman–Crippen LogP) is 4.39. The molecule has 10 heteroatoms. The van der Waals surface area contributed by atoms with Crippen LogP contribution in [0.15, 0.2) is 30.5 Å². The second-order valence-electron chi connectivity index (χ2n) is 8.36. The Bertz CT molecular complexity index is 1020. The highest BCUT2D eigenvalue weighted by Gasteiger charge is 2.28. The minimum atomic E-state index is -1.00. The summed E-state index contributed by atoms with van der Waals surface area (Å²) in [4.78, 5) is 29.2. The van der Waals surface area contributed by atoms with E-state index >= 15 is 0 Å². The van der Waals surface area contributed by atoms with Crippen LogP contribution in [-0.2, 0) is 9.53 Å².